The summed E-state index contributed by atoms with van der Waals surface area (Å²) in [5, 5.41) is 3.92. The third-order valence-corrected chi connectivity index (χ3v) is 7.68. The van der Waals surface area contributed by atoms with Gasteiger partial charge in [0, 0.05) is 44.8 Å². The Morgan fingerprint density at radius 2 is 1.69 bits per heavy atom. The summed E-state index contributed by atoms with van der Waals surface area (Å²) in [6.07, 6.45) is 0. The second-order valence-corrected chi connectivity index (χ2v) is 10.5. The maximum Gasteiger partial charge on any atom is 0.303 e. The van der Waals surface area contributed by atoms with Gasteiger partial charge in [0.05, 0.1) is 15.7 Å². The van der Waals surface area contributed by atoms with Gasteiger partial charge in [0.1, 0.15) is 0 Å². The molecule has 0 saturated carbocycles. The Kier molecular flexibility index (Phi) is 8.66. The lowest BCUT2D eigenvalue weighted by atomic mass is 10.2. The average Bonchev–Trinajstić information content (AvgIpc) is 2.69. The van der Waals surface area contributed by atoms with Crippen LogP contribution in [-0.2, 0) is 16.0 Å². The molecule has 0 heterocycles. The summed E-state index contributed by atoms with van der Waals surface area (Å²) in [6.45, 7) is 0.515. The van der Waals surface area contributed by atoms with Crippen LogP contribution in [0.5, 0.6) is 0 Å². The molecule has 0 aromatic heterocycles. The quantitative estimate of drug-likeness (QED) is 0.558. The fourth-order valence-corrected chi connectivity index (χ4v) is 4.36. The van der Waals surface area contributed by atoms with E-state index < -0.39 is 10.2 Å². The maximum atomic E-state index is 12.3. The van der Waals surface area contributed by atoms with Crippen molar-refractivity contribution in [2.75, 3.05) is 37.7 Å². The molecule has 0 saturated heterocycles. The van der Waals surface area contributed by atoms with Crippen molar-refractivity contribution in [1.29, 1.82) is 0 Å². The zero-order valence-electron chi connectivity index (χ0n) is 16.4. The predicted molar refractivity (Wildman–Crippen MR) is 122 cm³/mol. The number of benzene rings is 2. The first-order chi connectivity index (χ1) is 13.6. The van der Waals surface area contributed by atoms with Crippen LogP contribution in [0.3, 0.4) is 0 Å². The second-order valence-electron chi connectivity index (χ2n) is 6.36. The van der Waals surface area contributed by atoms with Gasteiger partial charge in [-0.3, -0.25) is 9.10 Å². The van der Waals surface area contributed by atoms with Gasteiger partial charge < -0.3 is 5.32 Å². The lowest BCUT2D eigenvalue weighted by Crippen LogP contribution is -2.37. The first-order valence-corrected chi connectivity index (χ1v) is 12.0. The van der Waals surface area contributed by atoms with E-state index in [9.17, 15) is 13.2 Å². The smallest absolute Gasteiger partial charge is 0.303 e. The predicted octanol–water partition coefficient (Wildman–Crippen LogP) is 3.90. The lowest BCUT2D eigenvalue weighted by molar-refractivity contribution is 0.0956. The van der Waals surface area contributed by atoms with E-state index in [2.05, 4.69) is 5.32 Å². The summed E-state index contributed by atoms with van der Waals surface area (Å²) in [4.78, 5) is 12.3. The maximum absolute atomic E-state index is 12.3. The van der Waals surface area contributed by atoms with Crippen molar-refractivity contribution in [1.82, 2.24) is 9.62 Å². The minimum absolute atomic E-state index is 0.204. The largest absolute Gasteiger partial charge is 0.351 e. The second kappa shape index (κ2) is 10.5. The van der Waals surface area contributed by atoms with Crippen molar-refractivity contribution in [3.8, 4) is 0 Å². The van der Waals surface area contributed by atoms with Crippen LogP contribution >= 0.6 is 35.0 Å². The Labute approximate surface area is 186 Å². The number of amides is 1. The molecule has 2 aromatic carbocycles. The molecule has 0 spiro atoms. The van der Waals surface area contributed by atoms with Crippen molar-refractivity contribution in [3.05, 3.63) is 63.6 Å². The number of carbonyl (C=O) groups is 1. The van der Waals surface area contributed by atoms with E-state index in [1.54, 1.807) is 42.1 Å². The van der Waals surface area contributed by atoms with Crippen LogP contribution in [0.15, 0.2) is 42.5 Å². The van der Waals surface area contributed by atoms with Crippen molar-refractivity contribution in [2.45, 2.75) is 5.75 Å². The molecule has 0 aliphatic carbocycles. The molecule has 1 amide bonds. The highest BCUT2D eigenvalue weighted by molar-refractivity contribution is 7.98. The number of nitrogens with zero attached hydrogens (tertiary/aromatic N) is 2. The fourth-order valence-electron chi connectivity index (χ4n) is 2.36. The van der Waals surface area contributed by atoms with Crippen molar-refractivity contribution in [3.63, 3.8) is 0 Å². The first-order valence-electron chi connectivity index (χ1n) is 8.69. The topological polar surface area (TPSA) is 69.7 Å². The molecule has 158 valence electrons. The zero-order chi connectivity index (χ0) is 21.6. The number of hydrogen-bond acceptors (Lipinski definition) is 4. The molecule has 0 radical (unpaired) electrons. The highest BCUT2D eigenvalue weighted by atomic mass is 35.5. The Hall–Kier alpha value is -1.45. The van der Waals surface area contributed by atoms with Crippen LogP contribution in [0.4, 0.5) is 5.69 Å². The number of carbonyl (C=O) groups excluding carboxylic acids is 1. The summed E-state index contributed by atoms with van der Waals surface area (Å²) in [5.74, 6) is 1.31. The van der Waals surface area contributed by atoms with E-state index in [0.29, 0.717) is 27.8 Å². The molecule has 2 rings (SSSR count). The van der Waals surface area contributed by atoms with Gasteiger partial charge in [-0.2, -0.15) is 24.5 Å². The standard InChI is InChI=1S/C19H23Cl2N3O3S2/c1-23(2)29(26,27)24(3)16-7-5-15(6-8-16)19(25)22-10-11-28-13-14-4-9-17(20)18(21)12-14/h4-9,12H,10-11,13H2,1-3H3,(H,22,25). The lowest BCUT2D eigenvalue weighted by Gasteiger charge is -2.23. The normalized spacial score (nSPS) is 11.5. The van der Waals surface area contributed by atoms with E-state index >= 15 is 0 Å². The van der Waals surface area contributed by atoms with E-state index in [1.165, 1.54) is 21.1 Å². The van der Waals surface area contributed by atoms with Gasteiger partial charge in [-0.25, -0.2) is 0 Å². The molecule has 29 heavy (non-hydrogen) atoms. The molecule has 6 nitrogen and oxygen atoms in total. The molecule has 2 aromatic rings. The van der Waals surface area contributed by atoms with Crippen LogP contribution in [0, 0.1) is 0 Å². The highest BCUT2D eigenvalue weighted by Gasteiger charge is 2.21. The molecular formula is C19H23Cl2N3O3S2. The third-order valence-electron chi connectivity index (χ3n) is 4.09. The Balaban J connectivity index is 1.81. The zero-order valence-corrected chi connectivity index (χ0v) is 19.5. The number of halogens is 2. The van der Waals surface area contributed by atoms with Gasteiger partial charge in [0.2, 0.25) is 0 Å². The van der Waals surface area contributed by atoms with E-state index in [1.807, 2.05) is 12.1 Å². The van der Waals surface area contributed by atoms with Gasteiger partial charge in [-0.15, -0.1) is 0 Å². The third kappa shape index (κ3) is 6.52. The monoisotopic (exact) mass is 475 g/mol. The van der Waals surface area contributed by atoms with Crippen LogP contribution in [0.2, 0.25) is 10.0 Å². The van der Waals surface area contributed by atoms with Crippen LogP contribution in [0.25, 0.3) is 0 Å². The van der Waals surface area contributed by atoms with Gasteiger partial charge in [-0.05, 0) is 42.0 Å². The molecule has 0 atom stereocenters. The number of thioether (sulfide) groups is 1. The SMILES string of the molecule is CN(C)S(=O)(=O)N(C)c1ccc(C(=O)NCCSCc2ccc(Cl)c(Cl)c2)cc1. The summed E-state index contributed by atoms with van der Waals surface area (Å²) >= 11 is 13.6. The Morgan fingerprint density at radius 3 is 2.28 bits per heavy atom. The van der Waals surface area contributed by atoms with Crippen molar-refractivity contribution in [2.24, 2.45) is 0 Å². The molecule has 10 heteroatoms. The number of hydrogen-bond donors (Lipinski definition) is 1. The van der Waals surface area contributed by atoms with Crippen LogP contribution < -0.4 is 9.62 Å². The van der Waals surface area contributed by atoms with Crippen LogP contribution in [-0.4, -0.2) is 52.1 Å². The summed E-state index contributed by atoms with van der Waals surface area (Å²) in [6, 6.07) is 12.0. The van der Waals surface area contributed by atoms with Gasteiger partial charge in [0.25, 0.3) is 5.91 Å². The van der Waals surface area contributed by atoms with Gasteiger partial charge in [-0.1, -0.05) is 29.3 Å². The van der Waals surface area contributed by atoms with Crippen LogP contribution in [0.1, 0.15) is 15.9 Å². The van der Waals surface area contributed by atoms with E-state index in [4.69, 9.17) is 23.2 Å². The molecule has 0 fully saturated rings. The minimum Gasteiger partial charge on any atom is -0.351 e. The minimum atomic E-state index is -3.56. The van der Waals surface area contributed by atoms with Gasteiger partial charge >= 0.3 is 10.2 Å². The van der Waals surface area contributed by atoms with Gasteiger partial charge in [0.15, 0.2) is 0 Å². The molecule has 0 unspecified atom stereocenters. The Bertz CT molecular complexity index is 952. The summed E-state index contributed by atoms with van der Waals surface area (Å²) in [5.41, 5.74) is 2.02. The van der Waals surface area contributed by atoms with E-state index in [0.717, 1.165) is 25.7 Å². The average molecular weight is 476 g/mol. The summed E-state index contributed by atoms with van der Waals surface area (Å²) in [7, 11) is 0.835. The fraction of sp³-hybridized carbons (Fsp3) is 0.316. The number of anilines is 1. The number of rotatable bonds is 9. The molecular weight excluding hydrogens is 453 g/mol. The van der Waals surface area contributed by atoms with Crippen molar-refractivity contribution >= 4 is 56.8 Å². The molecule has 0 aliphatic rings. The Morgan fingerprint density at radius 1 is 1.03 bits per heavy atom. The van der Waals surface area contributed by atoms with E-state index in [-0.39, 0.29) is 5.91 Å². The number of nitrogens with one attached hydrogen (secondary N) is 1. The summed E-state index contributed by atoms with van der Waals surface area (Å²) < 4.78 is 26.6. The molecule has 0 aliphatic heterocycles. The highest BCUT2D eigenvalue weighted by Crippen LogP contribution is 2.24. The first kappa shape index (κ1) is 23.8. The van der Waals surface area contributed by atoms with Crippen molar-refractivity contribution < 1.29 is 13.2 Å². The molecule has 1 N–H and O–H groups in total. The molecule has 0 bridgehead atoms.